The molecule has 1 aliphatic heterocycles. The summed E-state index contributed by atoms with van der Waals surface area (Å²) in [7, 11) is 1.60. The molecule has 0 spiro atoms. The first-order valence-electron chi connectivity index (χ1n) is 10.3. The van der Waals surface area contributed by atoms with Crippen molar-refractivity contribution in [3.63, 3.8) is 0 Å². The number of nitrogens with zero attached hydrogens (tertiary/aromatic N) is 1. The molecule has 3 rings (SSSR count). The van der Waals surface area contributed by atoms with Crippen LogP contribution in [0.3, 0.4) is 0 Å². The summed E-state index contributed by atoms with van der Waals surface area (Å²) < 4.78 is 16.7. The van der Waals surface area contributed by atoms with E-state index in [1.54, 1.807) is 13.2 Å². The summed E-state index contributed by atoms with van der Waals surface area (Å²) in [5.74, 6) is 1.19. The van der Waals surface area contributed by atoms with Crippen LogP contribution in [0, 0.1) is 0 Å². The molecule has 1 heterocycles. The summed E-state index contributed by atoms with van der Waals surface area (Å²) in [6.07, 6.45) is 3.28. The van der Waals surface area contributed by atoms with Gasteiger partial charge in [0.15, 0.2) is 11.5 Å². The van der Waals surface area contributed by atoms with Crippen molar-refractivity contribution in [2.24, 2.45) is 0 Å². The Morgan fingerprint density at radius 3 is 2.83 bits per heavy atom. The first-order chi connectivity index (χ1) is 14.7. The van der Waals surface area contributed by atoms with E-state index in [1.807, 2.05) is 31.2 Å². The van der Waals surface area contributed by atoms with E-state index in [9.17, 15) is 4.79 Å². The van der Waals surface area contributed by atoms with Crippen molar-refractivity contribution in [1.29, 1.82) is 0 Å². The highest BCUT2D eigenvalue weighted by atomic mass is 16.5. The summed E-state index contributed by atoms with van der Waals surface area (Å²) in [6.45, 7) is 6.26. The van der Waals surface area contributed by atoms with Gasteiger partial charge in [-0.25, -0.2) is 0 Å². The van der Waals surface area contributed by atoms with E-state index >= 15 is 0 Å². The molecule has 0 saturated carbocycles. The van der Waals surface area contributed by atoms with Crippen LogP contribution in [0.2, 0.25) is 0 Å². The van der Waals surface area contributed by atoms with Crippen molar-refractivity contribution in [3.8, 4) is 11.5 Å². The average Bonchev–Trinajstić information content (AvgIpc) is 2.78. The molecule has 1 fully saturated rings. The lowest BCUT2D eigenvalue weighted by atomic mass is 10.2. The molecule has 2 aromatic rings. The normalized spacial score (nSPS) is 17.1. The quantitative estimate of drug-likeness (QED) is 0.644. The topological polar surface area (TPSA) is 60.0 Å². The molecule has 1 N–H and O–H groups in total. The van der Waals surface area contributed by atoms with E-state index in [4.69, 9.17) is 14.2 Å². The first-order valence-corrected chi connectivity index (χ1v) is 10.3. The molecule has 0 bridgehead atoms. The maximum Gasteiger partial charge on any atom is 0.244 e. The lowest BCUT2D eigenvalue weighted by Crippen LogP contribution is -2.46. The largest absolute Gasteiger partial charge is 0.493 e. The Kier molecular flexibility index (Phi) is 8.30. The van der Waals surface area contributed by atoms with E-state index in [1.165, 1.54) is 11.6 Å². The number of nitrogens with one attached hydrogen (secondary N) is 1. The number of ether oxygens (including phenoxy) is 3. The minimum absolute atomic E-state index is 0.00891. The van der Waals surface area contributed by atoms with Crippen molar-refractivity contribution in [2.75, 3.05) is 40.0 Å². The minimum Gasteiger partial charge on any atom is -0.493 e. The molecule has 6 heteroatoms. The fourth-order valence-electron chi connectivity index (χ4n) is 3.40. The zero-order valence-corrected chi connectivity index (χ0v) is 17.7. The molecule has 1 unspecified atom stereocenters. The van der Waals surface area contributed by atoms with Gasteiger partial charge < -0.3 is 19.5 Å². The van der Waals surface area contributed by atoms with Gasteiger partial charge >= 0.3 is 0 Å². The molecule has 2 aromatic carbocycles. The third kappa shape index (κ3) is 6.61. The van der Waals surface area contributed by atoms with Gasteiger partial charge in [-0.05, 0) is 36.3 Å². The first kappa shape index (κ1) is 21.9. The molecule has 0 aliphatic carbocycles. The summed E-state index contributed by atoms with van der Waals surface area (Å²) in [4.78, 5) is 14.6. The smallest absolute Gasteiger partial charge is 0.244 e. The molecule has 1 amide bonds. The number of carbonyl (C=O) groups is 1. The standard InChI is InChI=1S/C24H30N2O4/c1-3-29-22-11-9-19(15-23(22)28-2)10-12-24(27)25-16-21-18-26(13-14-30-21)17-20-7-5-4-6-8-20/h4-12,15,21H,3,13-14,16-18H2,1-2H3,(H,25,27). The van der Waals surface area contributed by atoms with Gasteiger partial charge in [-0.3, -0.25) is 9.69 Å². The van der Waals surface area contributed by atoms with Crippen LogP contribution in [-0.4, -0.2) is 56.9 Å². The van der Waals surface area contributed by atoms with Crippen LogP contribution in [0.4, 0.5) is 0 Å². The van der Waals surface area contributed by atoms with Gasteiger partial charge in [0.05, 0.1) is 26.4 Å². The average molecular weight is 411 g/mol. The Labute approximate surface area is 178 Å². The van der Waals surface area contributed by atoms with Gasteiger partial charge in [0, 0.05) is 32.3 Å². The number of hydrogen-bond donors (Lipinski definition) is 1. The molecule has 1 atom stereocenters. The summed E-state index contributed by atoms with van der Waals surface area (Å²) in [5.41, 5.74) is 2.16. The number of carbonyl (C=O) groups excluding carboxylic acids is 1. The van der Waals surface area contributed by atoms with E-state index in [0.717, 1.165) is 25.2 Å². The molecular weight excluding hydrogens is 380 g/mol. The van der Waals surface area contributed by atoms with Crippen molar-refractivity contribution in [3.05, 3.63) is 65.7 Å². The molecule has 0 radical (unpaired) electrons. The number of hydrogen-bond acceptors (Lipinski definition) is 5. The van der Waals surface area contributed by atoms with Crippen molar-refractivity contribution in [2.45, 2.75) is 19.6 Å². The number of methoxy groups -OCH3 is 1. The third-order valence-corrected chi connectivity index (χ3v) is 4.89. The molecule has 1 aliphatic rings. The summed E-state index contributed by atoms with van der Waals surface area (Å²) >= 11 is 0. The number of morpholine rings is 1. The van der Waals surface area contributed by atoms with E-state index in [2.05, 4.69) is 34.5 Å². The summed E-state index contributed by atoms with van der Waals surface area (Å²) in [6, 6.07) is 16.0. The van der Waals surface area contributed by atoms with Gasteiger partial charge in [0.2, 0.25) is 5.91 Å². The maximum absolute atomic E-state index is 12.2. The predicted octanol–water partition coefficient (Wildman–Crippen LogP) is 3.12. The Hall–Kier alpha value is -2.83. The Morgan fingerprint density at radius 2 is 2.07 bits per heavy atom. The van der Waals surface area contributed by atoms with Gasteiger partial charge in [0.25, 0.3) is 0 Å². The van der Waals surface area contributed by atoms with Gasteiger partial charge in [-0.15, -0.1) is 0 Å². The molecular formula is C24H30N2O4. The maximum atomic E-state index is 12.2. The van der Waals surface area contributed by atoms with Crippen LogP contribution in [0.5, 0.6) is 11.5 Å². The monoisotopic (exact) mass is 410 g/mol. The van der Waals surface area contributed by atoms with Gasteiger partial charge in [-0.1, -0.05) is 36.4 Å². The Balaban J connectivity index is 1.47. The Bertz CT molecular complexity index is 838. The second-order valence-corrected chi connectivity index (χ2v) is 7.14. The van der Waals surface area contributed by atoms with E-state index < -0.39 is 0 Å². The van der Waals surface area contributed by atoms with Crippen LogP contribution in [0.25, 0.3) is 6.08 Å². The number of amides is 1. The zero-order chi connectivity index (χ0) is 21.2. The van der Waals surface area contributed by atoms with Gasteiger partial charge in [-0.2, -0.15) is 0 Å². The highest BCUT2D eigenvalue weighted by Crippen LogP contribution is 2.28. The van der Waals surface area contributed by atoms with E-state index in [0.29, 0.717) is 31.3 Å². The second kappa shape index (κ2) is 11.4. The van der Waals surface area contributed by atoms with E-state index in [-0.39, 0.29) is 12.0 Å². The van der Waals surface area contributed by atoms with Crippen LogP contribution >= 0.6 is 0 Å². The highest BCUT2D eigenvalue weighted by Gasteiger charge is 2.20. The molecule has 0 aromatic heterocycles. The highest BCUT2D eigenvalue weighted by molar-refractivity contribution is 5.91. The molecule has 160 valence electrons. The van der Waals surface area contributed by atoms with Crippen LogP contribution in [0.1, 0.15) is 18.1 Å². The fourth-order valence-corrected chi connectivity index (χ4v) is 3.40. The zero-order valence-electron chi connectivity index (χ0n) is 17.7. The molecule has 30 heavy (non-hydrogen) atoms. The van der Waals surface area contributed by atoms with Crippen molar-refractivity contribution < 1.29 is 19.0 Å². The lowest BCUT2D eigenvalue weighted by Gasteiger charge is -2.33. The molecule has 1 saturated heterocycles. The molecule has 6 nitrogen and oxygen atoms in total. The van der Waals surface area contributed by atoms with Crippen LogP contribution in [0.15, 0.2) is 54.6 Å². The van der Waals surface area contributed by atoms with Gasteiger partial charge in [0.1, 0.15) is 0 Å². The van der Waals surface area contributed by atoms with Crippen molar-refractivity contribution in [1.82, 2.24) is 10.2 Å². The predicted molar refractivity (Wildman–Crippen MR) is 118 cm³/mol. The lowest BCUT2D eigenvalue weighted by molar-refractivity contribution is -0.117. The second-order valence-electron chi connectivity index (χ2n) is 7.14. The minimum atomic E-state index is -0.147. The SMILES string of the molecule is CCOc1ccc(C=CC(=O)NCC2CN(Cc3ccccc3)CCO2)cc1OC. The Morgan fingerprint density at radius 1 is 1.23 bits per heavy atom. The number of benzene rings is 2. The van der Waals surface area contributed by atoms with Crippen molar-refractivity contribution >= 4 is 12.0 Å². The van der Waals surface area contributed by atoms with Crippen LogP contribution < -0.4 is 14.8 Å². The third-order valence-electron chi connectivity index (χ3n) is 4.89. The van der Waals surface area contributed by atoms with Crippen LogP contribution in [-0.2, 0) is 16.1 Å². The summed E-state index contributed by atoms with van der Waals surface area (Å²) in [5, 5.41) is 2.93. The fraction of sp³-hybridized carbons (Fsp3) is 0.375. The number of rotatable bonds is 9.